The number of aromatic nitrogens is 2. The molecule has 0 spiro atoms. The number of pyridine rings is 1. The number of hydrogen-bond donors (Lipinski definition) is 2. The molecular weight excluding hydrogens is 298 g/mol. The number of carbonyl (C=O) groups excluding carboxylic acids is 1. The third-order valence-corrected chi connectivity index (χ3v) is 4.84. The van der Waals surface area contributed by atoms with Gasteiger partial charge in [-0.25, -0.2) is 9.97 Å². The van der Waals surface area contributed by atoms with E-state index in [4.69, 9.17) is 5.73 Å². The van der Waals surface area contributed by atoms with Gasteiger partial charge in [-0.2, -0.15) is 0 Å². The third-order valence-electron chi connectivity index (χ3n) is 3.83. The molecule has 0 radical (unpaired) electrons. The molecule has 2 aromatic heterocycles. The van der Waals surface area contributed by atoms with Gasteiger partial charge in [-0.05, 0) is 26.0 Å². The number of nitrogens with one attached hydrogen (secondary N) is 1. The van der Waals surface area contributed by atoms with E-state index in [2.05, 4.69) is 27.1 Å². The maximum atomic E-state index is 12.7. The predicted octanol–water partition coefficient (Wildman–Crippen LogP) is 1.46. The van der Waals surface area contributed by atoms with Crippen LogP contribution >= 0.6 is 11.3 Å². The number of anilines is 2. The molecule has 116 valence electrons. The van der Waals surface area contributed by atoms with E-state index in [0.29, 0.717) is 17.3 Å². The molecule has 0 aliphatic carbocycles. The highest BCUT2D eigenvalue weighted by Crippen LogP contribution is 2.29. The van der Waals surface area contributed by atoms with Crippen molar-refractivity contribution in [1.29, 1.82) is 0 Å². The number of nitrogen functional groups attached to an aromatic ring is 1. The summed E-state index contributed by atoms with van der Waals surface area (Å²) in [6, 6.07) is 3.77. The topological polar surface area (TPSA) is 84.1 Å². The summed E-state index contributed by atoms with van der Waals surface area (Å²) in [4.78, 5) is 24.4. The molecule has 22 heavy (non-hydrogen) atoms. The summed E-state index contributed by atoms with van der Waals surface area (Å²) in [7, 11) is 0. The summed E-state index contributed by atoms with van der Waals surface area (Å²) < 4.78 is 0. The molecule has 0 bridgehead atoms. The quantitative estimate of drug-likeness (QED) is 0.834. The van der Waals surface area contributed by atoms with Gasteiger partial charge in [-0.3, -0.25) is 4.79 Å². The zero-order chi connectivity index (χ0) is 15.7. The van der Waals surface area contributed by atoms with Crippen LogP contribution in [0.4, 0.5) is 10.9 Å². The Bertz CT molecular complexity index is 699. The Labute approximate surface area is 133 Å². The SMILES string of the molecule is Cc1sc(N2CCNC[C@H]2C)nc1C(=O)c1cccnc1N. The Balaban J connectivity index is 1.92. The van der Waals surface area contributed by atoms with Crippen LogP contribution in [0, 0.1) is 6.92 Å². The summed E-state index contributed by atoms with van der Waals surface area (Å²) in [5.74, 6) is 0.0883. The molecule has 0 unspecified atom stereocenters. The van der Waals surface area contributed by atoms with Gasteiger partial charge in [-0.1, -0.05) is 0 Å². The predicted molar refractivity (Wildman–Crippen MR) is 88.6 cm³/mol. The minimum absolute atomic E-state index is 0.159. The molecule has 3 heterocycles. The molecule has 3 rings (SSSR count). The van der Waals surface area contributed by atoms with Crippen molar-refractivity contribution in [3.05, 3.63) is 34.5 Å². The van der Waals surface area contributed by atoms with Crippen molar-refractivity contribution in [2.75, 3.05) is 30.3 Å². The first-order valence-electron chi connectivity index (χ1n) is 7.28. The fourth-order valence-electron chi connectivity index (χ4n) is 2.58. The zero-order valence-electron chi connectivity index (χ0n) is 12.7. The number of thiazole rings is 1. The van der Waals surface area contributed by atoms with Crippen LogP contribution in [-0.4, -0.2) is 41.4 Å². The number of rotatable bonds is 3. The first kappa shape index (κ1) is 14.9. The van der Waals surface area contributed by atoms with Gasteiger partial charge in [0.1, 0.15) is 11.5 Å². The second-order valence-corrected chi connectivity index (χ2v) is 6.59. The second kappa shape index (κ2) is 6.02. The zero-order valence-corrected chi connectivity index (χ0v) is 13.5. The Kier molecular flexibility index (Phi) is 4.08. The van der Waals surface area contributed by atoms with E-state index < -0.39 is 0 Å². The van der Waals surface area contributed by atoms with E-state index >= 15 is 0 Å². The largest absolute Gasteiger partial charge is 0.383 e. The van der Waals surface area contributed by atoms with Crippen LogP contribution in [0.25, 0.3) is 0 Å². The molecular formula is C15H19N5OS. The van der Waals surface area contributed by atoms with Crippen molar-refractivity contribution in [2.45, 2.75) is 19.9 Å². The molecule has 0 aromatic carbocycles. The van der Waals surface area contributed by atoms with Gasteiger partial charge in [0.15, 0.2) is 5.13 Å². The first-order valence-corrected chi connectivity index (χ1v) is 8.09. The van der Waals surface area contributed by atoms with Gasteiger partial charge in [0.25, 0.3) is 0 Å². The Morgan fingerprint density at radius 2 is 2.36 bits per heavy atom. The van der Waals surface area contributed by atoms with E-state index in [-0.39, 0.29) is 11.6 Å². The molecule has 7 heteroatoms. The van der Waals surface area contributed by atoms with Crippen LogP contribution in [0.1, 0.15) is 27.9 Å². The van der Waals surface area contributed by atoms with Crippen LogP contribution in [0.15, 0.2) is 18.3 Å². The number of ketones is 1. The molecule has 1 fully saturated rings. The fourth-order valence-corrected chi connectivity index (χ4v) is 3.61. The number of hydrogen-bond acceptors (Lipinski definition) is 7. The smallest absolute Gasteiger partial charge is 0.216 e. The molecule has 1 aliphatic heterocycles. The number of nitrogens with two attached hydrogens (primary N) is 1. The average Bonchev–Trinajstić information content (AvgIpc) is 2.89. The highest BCUT2D eigenvalue weighted by molar-refractivity contribution is 7.15. The third kappa shape index (κ3) is 2.69. The molecule has 1 saturated heterocycles. The van der Waals surface area contributed by atoms with Crippen molar-refractivity contribution in [2.24, 2.45) is 0 Å². The Hall–Kier alpha value is -1.99. The standard InChI is InChI=1S/C15H19N5OS/c1-9-8-17-6-7-20(9)15-19-12(10(2)22-15)13(21)11-4-3-5-18-14(11)16/h3-5,9,17H,6-8H2,1-2H3,(H2,16,18)/t9-/m1/s1. The lowest BCUT2D eigenvalue weighted by Gasteiger charge is -2.33. The molecule has 1 atom stereocenters. The van der Waals surface area contributed by atoms with Crippen LogP contribution in [-0.2, 0) is 0 Å². The summed E-state index contributed by atoms with van der Waals surface area (Å²) in [5, 5.41) is 4.26. The van der Waals surface area contributed by atoms with Crippen LogP contribution in [0.3, 0.4) is 0 Å². The number of carbonyl (C=O) groups is 1. The lowest BCUT2D eigenvalue weighted by molar-refractivity contribution is 0.103. The number of piperazine rings is 1. The molecule has 6 nitrogen and oxygen atoms in total. The highest BCUT2D eigenvalue weighted by Gasteiger charge is 2.25. The van der Waals surface area contributed by atoms with Gasteiger partial charge in [-0.15, -0.1) is 11.3 Å². The van der Waals surface area contributed by atoms with Crippen molar-refractivity contribution >= 4 is 28.1 Å². The molecule has 3 N–H and O–H groups in total. The summed E-state index contributed by atoms with van der Waals surface area (Å²) in [6.07, 6.45) is 1.58. The van der Waals surface area contributed by atoms with E-state index in [0.717, 1.165) is 29.6 Å². The maximum Gasteiger partial charge on any atom is 0.216 e. The first-order chi connectivity index (χ1) is 10.6. The molecule has 0 saturated carbocycles. The molecule has 2 aromatic rings. The van der Waals surface area contributed by atoms with Gasteiger partial charge < -0.3 is 16.0 Å². The minimum atomic E-state index is -0.159. The fraction of sp³-hybridized carbons (Fsp3) is 0.400. The minimum Gasteiger partial charge on any atom is -0.383 e. The van der Waals surface area contributed by atoms with E-state index in [1.807, 2.05) is 6.92 Å². The van der Waals surface area contributed by atoms with Gasteiger partial charge in [0, 0.05) is 36.8 Å². The number of nitrogens with zero attached hydrogens (tertiary/aromatic N) is 3. The van der Waals surface area contributed by atoms with Crippen molar-refractivity contribution in [1.82, 2.24) is 15.3 Å². The monoisotopic (exact) mass is 317 g/mol. The lowest BCUT2D eigenvalue weighted by atomic mass is 10.1. The van der Waals surface area contributed by atoms with Gasteiger partial charge in [0.05, 0.1) is 5.56 Å². The van der Waals surface area contributed by atoms with Gasteiger partial charge >= 0.3 is 0 Å². The maximum absolute atomic E-state index is 12.7. The Morgan fingerprint density at radius 3 is 3.09 bits per heavy atom. The summed E-state index contributed by atoms with van der Waals surface area (Å²) in [6.45, 7) is 6.84. The highest BCUT2D eigenvalue weighted by atomic mass is 32.1. The van der Waals surface area contributed by atoms with E-state index in [1.54, 1.807) is 29.7 Å². The van der Waals surface area contributed by atoms with Crippen LogP contribution in [0.5, 0.6) is 0 Å². The second-order valence-electron chi connectivity index (χ2n) is 5.41. The van der Waals surface area contributed by atoms with Crippen molar-refractivity contribution < 1.29 is 4.79 Å². The van der Waals surface area contributed by atoms with Crippen LogP contribution in [0.2, 0.25) is 0 Å². The summed E-state index contributed by atoms with van der Waals surface area (Å²) in [5.41, 5.74) is 6.70. The Morgan fingerprint density at radius 1 is 1.55 bits per heavy atom. The normalized spacial score (nSPS) is 18.5. The molecule has 0 amide bonds. The van der Waals surface area contributed by atoms with Crippen LogP contribution < -0.4 is 16.0 Å². The van der Waals surface area contributed by atoms with E-state index in [1.165, 1.54) is 0 Å². The lowest BCUT2D eigenvalue weighted by Crippen LogP contribution is -2.49. The van der Waals surface area contributed by atoms with E-state index in [9.17, 15) is 4.79 Å². The van der Waals surface area contributed by atoms with Crippen molar-refractivity contribution in [3.8, 4) is 0 Å². The van der Waals surface area contributed by atoms with Gasteiger partial charge in [0.2, 0.25) is 5.78 Å². The number of aryl methyl sites for hydroxylation is 1. The molecule has 1 aliphatic rings. The summed E-state index contributed by atoms with van der Waals surface area (Å²) >= 11 is 1.56. The van der Waals surface area contributed by atoms with Crippen molar-refractivity contribution in [3.63, 3.8) is 0 Å². The average molecular weight is 317 g/mol.